The number of carboxylic acids is 1. The highest BCUT2D eigenvalue weighted by atomic mass is 32.2. The highest BCUT2D eigenvalue weighted by Gasteiger charge is 2.34. The Bertz CT molecular complexity index is 1080. The lowest BCUT2D eigenvalue weighted by atomic mass is 9.94. The van der Waals surface area contributed by atoms with Crippen LogP contribution in [-0.2, 0) is 34.0 Å². The van der Waals surface area contributed by atoms with Crippen molar-refractivity contribution in [1.82, 2.24) is 14.5 Å². The van der Waals surface area contributed by atoms with E-state index in [0.29, 0.717) is 48.6 Å². The highest BCUT2D eigenvalue weighted by molar-refractivity contribution is 7.89. The largest absolute Gasteiger partial charge is 0.480 e. The van der Waals surface area contributed by atoms with Gasteiger partial charge in [-0.3, -0.25) is 9.48 Å². The average molecular weight is 459 g/mol. The number of fused-ring (bicyclic) bond motifs is 1. The van der Waals surface area contributed by atoms with Crippen LogP contribution in [0, 0.1) is 0 Å². The van der Waals surface area contributed by atoms with Gasteiger partial charge in [0.05, 0.1) is 22.7 Å². The maximum Gasteiger partial charge on any atom is 0.416 e. The van der Waals surface area contributed by atoms with Gasteiger partial charge in [0.1, 0.15) is 6.54 Å². The van der Waals surface area contributed by atoms with Crippen molar-refractivity contribution in [2.24, 2.45) is 0 Å². The van der Waals surface area contributed by atoms with Crippen molar-refractivity contribution in [3.05, 3.63) is 46.8 Å². The summed E-state index contributed by atoms with van der Waals surface area (Å²) in [6.07, 6.45) is -1.13. The first-order valence-corrected chi connectivity index (χ1v) is 11.4. The summed E-state index contributed by atoms with van der Waals surface area (Å²) in [6.45, 7) is 3.21. The minimum Gasteiger partial charge on any atom is -0.480 e. The topological polar surface area (TPSA) is 101 Å². The number of alkyl halides is 3. The van der Waals surface area contributed by atoms with Gasteiger partial charge in [-0.05, 0) is 55.4 Å². The van der Waals surface area contributed by atoms with Crippen LogP contribution in [0.5, 0.6) is 0 Å². The summed E-state index contributed by atoms with van der Waals surface area (Å²) in [4.78, 5) is 10.6. The summed E-state index contributed by atoms with van der Waals surface area (Å²) < 4.78 is 70.1. The molecule has 0 spiro atoms. The van der Waals surface area contributed by atoms with Gasteiger partial charge < -0.3 is 5.11 Å². The molecule has 1 aliphatic carbocycles. The maximum absolute atomic E-state index is 13.4. The summed E-state index contributed by atoms with van der Waals surface area (Å²) in [6, 6.07) is 2.22. The third-order valence-corrected chi connectivity index (χ3v) is 7.04. The molecule has 11 heteroatoms. The fourth-order valence-electron chi connectivity index (χ4n) is 3.72. The second-order valence-corrected chi connectivity index (χ2v) is 9.48. The van der Waals surface area contributed by atoms with Crippen molar-refractivity contribution in [2.75, 3.05) is 0 Å². The molecule has 0 amide bonds. The molecule has 1 aromatic carbocycles. The van der Waals surface area contributed by atoms with Crippen LogP contribution in [0.25, 0.3) is 0 Å². The molecule has 2 aromatic rings. The van der Waals surface area contributed by atoms with Gasteiger partial charge in [0.15, 0.2) is 0 Å². The molecule has 0 saturated heterocycles. The molecule has 0 saturated carbocycles. The first kappa shape index (κ1) is 23.3. The van der Waals surface area contributed by atoms with Crippen LogP contribution in [0.1, 0.15) is 67.5 Å². The Hall–Kier alpha value is -2.40. The third kappa shape index (κ3) is 5.09. The number of sulfonamides is 1. The molecule has 1 aromatic heterocycles. The standard InChI is InChI=1S/C20H24F3N3O4S/c1-3-12(2)13-7-14(20(21,22)23)9-15(8-13)31(29,30)25-17-5-4-6-18-16(17)10-24-26(18)11-19(27)28/h7-10,12,17,25H,3-6,11H2,1-2H3,(H,27,28). The second-order valence-electron chi connectivity index (χ2n) is 7.76. The van der Waals surface area contributed by atoms with E-state index in [-0.39, 0.29) is 12.5 Å². The number of nitrogens with one attached hydrogen (secondary N) is 1. The zero-order chi connectivity index (χ0) is 23.0. The molecule has 0 radical (unpaired) electrons. The van der Waals surface area contributed by atoms with Gasteiger partial charge >= 0.3 is 12.1 Å². The molecular formula is C20H24F3N3O4S. The molecule has 170 valence electrons. The van der Waals surface area contributed by atoms with E-state index in [0.717, 1.165) is 6.07 Å². The molecule has 3 rings (SSSR count). The smallest absolute Gasteiger partial charge is 0.416 e. The lowest BCUT2D eigenvalue weighted by molar-refractivity contribution is -0.138. The number of aliphatic carboxylic acids is 1. The SMILES string of the molecule is CCC(C)c1cc(C(F)(F)F)cc(S(=O)(=O)NC2CCCc3c2cnn3CC(=O)O)c1. The Balaban J connectivity index is 1.97. The van der Waals surface area contributed by atoms with Crippen molar-refractivity contribution in [3.8, 4) is 0 Å². The third-order valence-electron chi connectivity index (χ3n) is 5.59. The van der Waals surface area contributed by atoms with Crippen LogP contribution in [0.3, 0.4) is 0 Å². The van der Waals surface area contributed by atoms with Gasteiger partial charge in [-0.1, -0.05) is 13.8 Å². The molecule has 2 unspecified atom stereocenters. The van der Waals surface area contributed by atoms with E-state index < -0.39 is 38.7 Å². The number of hydrogen-bond acceptors (Lipinski definition) is 4. The van der Waals surface area contributed by atoms with Crippen molar-refractivity contribution < 1.29 is 31.5 Å². The molecule has 0 fully saturated rings. The van der Waals surface area contributed by atoms with Crippen LogP contribution in [0.2, 0.25) is 0 Å². The second kappa shape index (κ2) is 8.62. The first-order valence-electron chi connectivity index (χ1n) is 9.93. The van der Waals surface area contributed by atoms with Crippen LogP contribution >= 0.6 is 0 Å². The maximum atomic E-state index is 13.4. The van der Waals surface area contributed by atoms with E-state index in [2.05, 4.69) is 9.82 Å². The Morgan fingerprint density at radius 3 is 2.68 bits per heavy atom. The molecule has 7 nitrogen and oxygen atoms in total. The number of aromatic nitrogens is 2. The Labute approximate surface area is 178 Å². The van der Waals surface area contributed by atoms with Crippen LogP contribution in [-0.4, -0.2) is 29.3 Å². The summed E-state index contributed by atoms with van der Waals surface area (Å²) in [5.74, 6) is -1.32. The molecule has 31 heavy (non-hydrogen) atoms. The predicted octanol–water partition coefficient (Wildman–Crippen LogP) is 3.86. The number of rotatable bonds is 7. The molecule has 2 N–H and O–H groups in total. The zero-order valence-electron chi connectivity index (χ0n) is 17.1. The number of carbonyl (C=O) groups is 1. The van der Waals surface area contributed by atoms with Crippen LogP contribution < -0.4 is 4.72 Å². The summed E-state index contributed by atoms with van der Waals surface area (Å²) in [5, 5.41) is 13.0. The predicted molar refractivity (Wildman–Crippen MR) is 106 cm³/mol. The van der Waals surface area contributed by atoms with E-state index in [1.54, 1.807) is 6.92 Å². The van der Waals surface area contributed by atoms with Crippen molar-refractivity contribution in [1.29, 1.82) is 0 Å². The van der Waals surface area contributed by atoms with E-state index >= 15 is 0 Å². The van der Waals surface area contributed by atoms with E-state index in [9.17, 15) is 26.4 Å². The molecule has 1 aliphatic rings. The lowest BCUT2D eigenvalue weighted by Gasteiger charge is -2.24. The van der Waals surface area contributed by atoms with Gasteiger partial charge in [-0.2, -0.15) is 18.3 Å². The van der Waals surface area contributed by atoms with Crippen molar-refractivity contribution in [2.45, 2.75) is 69.1 Å². The van der Waals surface area contributed by atoms with Gasteiger partial charge in [0.25, 0.3) is 0 Å². The normalized spacial score (nSPS) is 17.9. The zero-order valence-corrected chi connectivity index (χ0v) is 17.9. The van der Waals surface area contributed by atoms with E-state index in [4.69, 9.17) is 5.11 Å². The summed E-state index contributed by atoms with van der Waals surface area (Å²) in [7, 11) is -4.27. The molecular weight excluding hydrogens is 435 g/mol. The van der Waals surface area contributed by atoms with E-state index in [1.165, 1.54) is 16.9 Å². The molecule has 1 heterocycles. The quantitative estimate of drug-likeness (QED) is 0.655. The first-order chi connectivity index (χ1) is 14.4. The number of carboxylic acid groups (broad SMARTS) is 1. The Morgan fingerprint density at radius 2 is 2.06 bits per heavy atom. The number of hydrogen-bond donors (Lipinski definition) is 2. The van der Waals surface area contributed by atoms with Crippen LogP contribution in [0.15, 0.2) is 29.3 Å². The molecule has 2 atom stereocenters. The highest BCUT2D eigenvalue weighted by Crippen LogP contribution is 2.35. The number of nitrogens with zero attached hydrogens (tertiary/aromatic N) is 2. The van der Waals surface area contributed by atoms with Gasteiger partial charge in [-0.15, -0.1) is 0 Å². The minimum absolute atomic E-state index is 0.244. The van der Waals surface area contributed by atoms with Crippen molar-refractivity contribution in [3.63, 3.8) is 0 Å². The average Bonchev–Trinajstić information content (AvgIpc) is 3.09. The van der Waals surface area contributed by atoms with E-state index in [1.807, 2.05) is 6.92 Å². The van der Waals surface area contributed by atoms with Crippen molar-refractivity contribution >= 4 is 16.0 Å². The summed E-state index contributed by atoms with van der Waals surface area (Å²) in [5.41, 5.74) is 0.455. The van der Waals surface area contributed by atoms with Gasteiger partial charge in [-0.25, -0.2) is 13.1 Å². The Kier molecular flexibility index (Phi) is 6.47. The fourth-order valence-corrected chi connectivity index (χ4v) is 5.05. The molecule has 0 aliphatic heterocycles. The monoisotopic (exact) mass is 459 g/mol. The van der Waals surface area contributed by atoms with Crippen LogP contribution in [0.4, 0.5) is 13.2 Å². The Morgan fingerprint density at radius 1 is 1.35 bits per heavy atom. The summed E-state index contributed by atoms with van der Waals surface area (Å²) >= 11 is 0. The minimum atomic E-state index is -4.68. The number of benzene rings is 1. The van der Waals surface area contributed by atoms with Gasteiger partial charge in [0.2, 0.25) is 10.0 Å². The number of halogens is 3. The fraction of sp³-hybridized carbons (Fsp3) is 0.500. The lowest BCUT2D eigenvalue weighted by Crippen LogP contribution is -2.31. The van der Waals surface area contributed by atoms with Gasteiger partial charge in [0, 0.05) is 11.3 Å². The molecule has 0 bridgehead atoms.